The predicted molar refractivity (Wildman–Crippen MR) is 76.7 cm³/mol. The Kier molecular flexibility index (Phi) is 9.39. The van der Waals surface area contributed by atoms with Gasteiger partial charge in [-0.1, -0.05) is 26.7 Å². The summed E-state index contributed by atoms with van der Waals surface area (Å²) in [6.07, 6.45) is 3.40. The first kappa shape index (κ1) is 17.9. The second-order valence-corrected chi connectivity index (χ2v) is 5.27. The fraction of sp³-hybridized carbons (Fsp3) is 1.00. The number of unbranched alkanes of at least 4 members (excludes halogenated alkanes) is 2. The van der Waals surface area contributed by atoms with Crippen molar-refractivity contribution in [3.05, 3.63) is 0 Å². The fourth-order valence-electron chi connectivity index (χ4n) is 2.21. The lowest BCUT2D eigenvalue weighted by Gasteiger charge is -2.23. The van der Waals surface area contributed by atoms with Gasteiger partial charge in [-0.25, -0.2) is 0 Å². The van der Waals surface area contributed by atoms with Crippen molar-refractivity contribution in [2.45, 2.75) is 70.6 Å². The molecule has 0 spiro atoms. The molecule has 0 radical (unpaired) electrons. The van der Waals surface area contributed by atoms with Crippen LogP contribution in [0.15, 0.2) is 0 Å². The maximum atomic E-state index is 9.84. The van der Waals surface area contributed by atoms with Gasteiger partial charge in [0.2, 0.25) is 0 Å². The third-order valence-corrected chi connectivity index (χ3v) is 3.50. The van der Waals surface area contributed by atoms with E-state index in [1.54, 1.807) is 7.11 Å². The molecule has 1 rings (SSSR count). The molecule has 120 valence electrons. The van der Waals surface area contributed by atoms with Gasteiger partial charge in [0.1, 0.15) is 12.2 Å². The number of ether oxygens (including phenoxy) is 4. The van der Waals surface area contributed by atoms with E-state index in [2.05, 4.69) is 13.8 Å². The van der Waals surface area contributed by atoms with Gasteiger partial charge in [0.15, 0.2) is 6.29 Å². The Hall–Kier alpha value is -0.200. The molecule has 0 aliphatic carbocycles. The van der Waals surface area contributed by atoms with Crippen LogP contribution in [0.4, 0.5) is 0 Å². The molecule has 1 saturated heterocycles. The standard InChI is InChI=1S/C15H30O5/c1-4-6-8-18-11-14(19-9-7-5-2)13-10-12(16)15(17-3)20-13/h12-16H,4-11H2,1-3H3. The Bertz CT molecular complexity index is 236. The predicted octanol–water partition coefficient (Wildman–Crippen LogP) is 2.11. The summed E-state index contributed by atoms with van der Waals surface area (Å²) in [5.74, 6) is 0. The van der Waals surface area contributed by atoms with E-state index in [1.165, 1.54) is 0 Å². The Balaban J connectivity index is 2.40. The molecule has 0 bridgehead atoms. The van der Waals surface area contributed by atoms with E-state index in [4.69, 9.17) is 18.9 Å². The lowest BCUT2D eigenvalue weighted by atomic mass is 10.1. The summed E-state index contributed by atoms with van der Waals surface area (Å²) in [7, 11) is 1.54. The van der Waals surface area contributed by atoms with Crippen molar-refractivity contribution in [1.82, 2.24) is 0 Å². The minimum absolute atomic E-state index is 0.131. The van der Waals surface area contributed by atoms with E-state index in [1.807, 2.05) is 0 Å². The summed E-state index contributed by atoms with van der Waals surface area (Å²) in [6.45, 7) is 6.22. The highest BCUT2D eigenvalue weighted by molar-refractivity contribution is 4.83. The van der Waals surface area contributed by atoms with Gasteiger partial charge >= 0.3 is 0 Å². The number of aliphatic hydroxyl groups is 1. The molecule has 0 amide bonds. The van der Waals surface area contributed by atoms with E-state index < -0.39 is 12.4 Å². The van der Waals surface area contributed by atoms with Crippen molar-refractivity contribution in [1.29, 1.82) is 0 Å². The second-order valence-electron chi connectivity index (χ2n) is 5.27. The SMILES string of the molecule is CCCCOCC(OCCCC)C1CC(O)C(OC)O1. The minimum Gasteiger partial charge on any atom is -0.388 e. The molecule has 0 saturated carbocycles. The van der Waals surface area contributed by atoms with Crippen molar-refractivity contribution < 1.29 is 24.1 Å². The van der Waals surface area contributed by atoms with Gasteiger partial charge in [0, 0.05) is 26.7 Å². The number of hydrogen-bond donors (Lipinski definition) is 1. The van der Waals surface area contributed by atoms with Crippen LogP contribution >= 0.6 is 0 Å². The fourth-order valence-corrected chi connectivity index (χ4v) is 2.21. The first-order valence-electron chi connectivity index (χ1n) is 7.78. The number of methoxy groups -OCH3 is 1. The quantitative estimate of drug-likeness (QED) is 0.591. The topological polar surface area (TPSA) is 57.2 Å². The molecule has 5 heteroatoms. The lowest BCUT2D eigenvalue weighted by Crippen LogP contribution is -2.34. The molecule has 1 N–H and O–H groups in total. The average Bonchev–Trinajstić information content (AvgIpc) is 2.82. The van der Waals surface area contributed by atoms with E-state index in [0.717, 1.165) is 32.3 Å². The summed E-state index contributed by atoms with van der Waals surface area (Å²) in [4.78, 5) is 0. The van der Waals surface area contributed by atoms with Gasteiger partial charge in [-0.2, -0.15) is 0 Å². The van der Waals surface area contributed by atoms with Crippen LogP contribution in [0.3, 0.4) is 0 Å². The summed E-state index contributed by atoms with van der Waals surface area (Å²) in [5.41, 5.74) is 0. The molecular formula is C15H30O5. The van der Waals surface area contributed by atoms with Crippen LogP contribution in [0.2, 0.25) is 0 Å². The van der Waals surface area contributed by atoms with Crippen molar-refractivity contribution in [3.63, 3.8) is 0 Å². The largest absolute Gasteiger partial charge is 0.388 e. The van der Waals surface area contributed by atoms with Crippen molar-refractivity contribution in [2.24, 2.45) is 0 Å². The van der Waals surface area contributed by atoms with Crippen LogP contribution in [0.25, 0.3) is 0 Å². The van der Waals surface area contributed by atoms with Crippen molar-refractivity contribution >= 4 is 0 Å². The second kappa shape index (κ2) is 10.5. The number of rotatable bonds is 11. The molecule has 5 nitrogen and oxygen atoms in total. The van der Waals surface area contributed by atoms with Crippen molar-refractivity contribution in [2.75, 3.05) is 26.9 Å². The maximum Gasteiger partial charge on any atom is 0.183 e. The number of aliphatic hydroxyl groups excluding tert-OH is 1. The first-order valence-corrected chi connectivity index (χ1v) is 7.78. The van der Waals surface area contributed by atoms with E-state index in [9.17, 15) is 5.11 Å². The van der Waals surface area contributed by atoms with Gasteiger partial charge in [0.05, 0.1) is 12.7 Å². The minimum atomic E-state index is -0.585. The first-order chi connectivity index (χ1) is 9.72. The Labute approximate surface area is 122 Å². The molecule has 1 aliphatic rings. The zero-order chi connectivity index (χ0) is 14.8. The summed E-state index contributed by atoms with van der Waals surface area (Å²) < 4.78 is 22.3. The zero-order valence-electron chi connectivity index (χ0n) is 13.0. The third-order valence-electron chi connectivity index (χ3n) is 3.50. The van der Waals surface area contributed by atoms with Gasteiger partial charge in [-0.05, 0) is 12.8 Å². The summed E-state index contributed by atoms with van der Waals surface area (Å²) in [5, 5.41) is 9.84. The van der Waals surface area contributed by atoms with Gasteiger partial charge in [-0.15, -0.1) is 0 Å². The molecule has 4 unspecified atom stereocenters. The molecule has 0 aromatic heterocycles. The van der Waals surface area contributed by atoms with Gasteiger partial charge < -0.3 is 24.1 Å². The van der Waals surface area contributed by atoms with Crippen molar-refractivity contribution in [3.8, 4) is 0 Å². The smallest absolute Gasteiger partial charge is 0.183 e. The highest BCUT2D eigenvalue weighted by atomic mass is 16.7. The zero-order valence-corrected chi connectivity index (χ0v) is 13.0. The summed E-state index contributed by atoms with van der Waals surface area (Å²) >= 11 is 0. The molecule has 4 atom stereocenters. The maximum absolute atomic E-state index is 9.84. The van der Waals surface area contributed by atoms with E-state index in [-0.39, 0.29) is 12.2 Å². The lowest BCUT2D eigenvalue weighted by molar-refractivity contribution is -0.176. The highest BCUT2D eigenvalue weighted by Gasteiger charge is 2.38. The van der Waals surface area contributed by atoms with Crippen LogP contribution in [-0.2, 0) is 18.9 Å². The molecule has 1 heterocycles. The van der Waals surface area contributed by atoms with E-state index >= 15 is 0 Å². The highest BCUT2D eigenvalue weighted by Crippen LogP contribution is 2.25. The Morgan fingerprint density at radius 1 is 1.20 bits per heavy atom. The van der Waals surface area contributed by atoms with Crippen LogP contribution in [0, 0.1) is 0 Å². The normalized spacial score (nSPS) is 27.9. The monoisotopic (exact) mass is 290 g/mol. The third kappa shape index (κ3) is 6.06. The van der Waals surface area contributed by atoms with Gasteiger partial charge in [-0.3, -0.25) is 0 Å². The number of hydrogen-bond acceptors (Lipinski definition) is 5. The molecule has 0 aromatic rings. The molecular weight excluding hydrogens is 260 g/mol. The van der Waals surface area contributed by atoms with Gasteiger partial charge in [0.25, 0.3) is 0 Å². The Morgan fingerprint density at radius 3 is 2.50 bits per heavy atom. The van der Waals surface area contributed by atoms with Crippen LogP contribution in [-0.4, -0.2) is 56.6 Å². The average molecular weight is 290 g/mol. The molecule has 1 fully saturated rings. The van der Waals surface area contributed by atoms with Crippen LogP contribution < -0.4 is 0 Å². The molecule has 20 heavy (non-hydrogen) atoms. The summed E-state index contributed by atoms with van der Waals surface area (Å²) in [6, 6.07) is 0. The molecule has 1 aliphatic heterocycles. The van der Waals surface area contributed by atoms with E-state index in [0.29, 0.717) is 19.6 Å². The Morgan fingerprint density at radius 2 is 1.90 bits per heavy atom. The molecule has 0 aromatic carbocycles. The van der Waals surface area contributed by atoms with Crippen LogP contribution in [0.1, 0.15) is 46.0 Å². The van der Waals surface area contributed by atoms with Crippen LogP contribution in [0.5, 0.6) is 0 Å².